The molecule has 0 saturated carbocycles. The number of anilines is 4. The molecule has 1 heterocycles. The Bertz CT molecular complexity index is 1060. The van der Waals surface area contributed by atoms with Gasteiger partial charge in [-0.05, 0) is 67.4 Å². The molecule has 0 atom stereocenters. The molecule has 3 amide bonds. The maximum atomic E-state index is 13.1. The fraction of sp³-hybridized carbons (Fsp3) is 0.167. The lowest BCUT2D eigenvalue weighted by Gasteiger charge is -2.22. The van der Waals surface area contributed by atoms with Crippen LogP contribution in [0.4, 0.5) is 31.9 Å². The summed E-state index contributed by atoms with van der Waals surface area (Å²) in [4.78, 5) is 27.3. The van der Waals surface area contributed by atoms with Gasteiger partial charge in [0.05, 0.1) is 11.4 Å². The van der Waals surface area contributed by atoms with Gasteiger partial charge in [0, 0.05) is 30.0 Å². The fourth-order valence-electron chi connectivity index (χ4n) is 3.56. The third-order valence-corrected chi connectivity index (χ3v) is 5.09. The Morgan fingerprint density at radius 2 is 1.48 bits per heavy atom. The first kappa shape index (κ1) is 20.4. The molecule has 158 valence electrons. The minimum Gasteiger partial charge on any atom is -0.370 e. The summed E-state index contributed by atoms with van der Waals surface area (Å²) >= 11 is 0. The van der Waals surface area contributed by atoms with Crippen LogP contribution in [0.25, 0.3) is 0 Å². The van der Waals surface area contributed by atoms with Crippen LogP contribution in [0.5, 0.6) is 0 Å². The van der Waals surface area contributed by atoms with Gasteiger partial charge in [0.1, 0.15) is 5.82 Å². The van der Waals surface area contributed by atoms with E-state index in [1.165, 1.54) is 24.3 Å². The Morgan fingerprint density at radius 1 is 0.774 bits per heavy atom. The smallest absolute Gasteiger partial charge is 0.323 e. The number of para-hydroxylation sites is 1. The van der Waals surface area contributed by atoms with Crippen LogP contribution in [0, 0.1) is 5.82 Å². The molecule has 3 N–H and O–H groups in total. The molecule has 0 radical (unpaired) electrons. The first-order valence-corrected chi connectivity index (χ1v) is 10.2. The van der Waals surface area contributed by atoms with Gasteiger partial charge in [-0.15, -0.1) is 0 Å². The Balaban J connectivity index is 1.54. The number of carbonyl (C=O) groups is 2. The predicted molar refractivity (Wildman–Crippen MR) is 121 cm³/mol. The molecule has 1 fully saturated rings. The number of urea groups is 1. The molecule has 6 nitrogen and oxygen atoms in total. The maximum absolute atomic E-state index is 13.1. The molecule has 3 aromatic carbocycles. The molecular formula is C24H23FN4O2. The normalized spacial score (nSPS) is 13.0. The van der Waals surface area contributed by atoms with E-state index >= 15 is 0 Å². The van der Waals surface area contributed by atoms with Crippen LogP contribution in [0.15, 0.2) is 72.8 Å². The molecule has 0 unspecified atom stereocenters. The van der Waals surface area contributed by atoms with Crippen molar-refractivity contribution in [1.29, 1.82) is 0 Å². The molecule has 0 aliphatic carbocycles. The molecule has 4 rings (SSSR count). The third kappa shape index (κ3) is 5.19. The quantitative estimate of drug-likeness (QED) is 0.525. The van der Waals surface area contributed by atoms with E-state index in [0.717, 1.165) is 31.6 Å². The summed E-state index contributed by atoms with van der Waals surface area (Å²) in [5.74, 6) is -0.754. The zero-order valence-electron chi connectivity index (χ0n) is 16.9. The largest absolute Gasteiger partial charge is 0.370 e. The monoisotopic (exact) mass is 418 g/mol. The number of carbonyl (C=O) groups excluding carboxylic acids is 2. The summed E-state index contributed by atoms with van der Waals surface area (Å²) in [7, 11) is 0. The second kappa shape index (κ2) is 9.30. The third-order valence-electron chi connectivity index (χ3n) is 5.09. The van der Waals surface area contributed by atoms with E-state index in [-0.39, 0.29) is 11.9 Å². The van der Waals surface area contributed by atoms with Gasteiger partial charge < -0.3 is 20.9 Å². The number of hydrogen-bond donors (Lipinski definition) is 3. The minimum absolute atomic E-state index is 0.348. The van der Waals surface area contributed by atoms with Gasteiger partial charge in [0.25, 0.3) is 5.91 Å². The van der Waals surface area contributed by atoms with Crippen molar-refractivity contribution in [2.45, 2.75) is 12.8 Å². The Kier molecular flexibility index (Phi) is 6.12. The number of nitrogens with zero attached hydrogens (tertiary/aromatic N) is 1. The molecule has 31 heavy (non-hydrogen) atoms. The zero-order chi connectivity index (χ0) is 21.6. The first-order valence-electron chi connectivity index (χ1n) is 10.2. The summed E-state index contributed by atoms with van der Waals surface area (Å²) in [6.07, 6.45) is 2.19. The van der Waals surface area contributed by atoms with Crippen LogP contribution in [0.1, 0.15) is 23.2 Å². The Morgan fingerprint density at radius 3 is 2.19 bits per heavy atom. The molecule has 0 spiro atoms. The summed E-state index contributed by atoms with van der Waals surface area (Å²) in [6.45, 7) is 1.83. The Labute approximate surface area is 180 Å². The highest BCUT2D eigenvalue weighted by atomic mass is 19.1. The molecule has 1 saturated heterocycles. The van der Waals surface area contributed by atoms with Gasteiger partial charge in [-0.2, -0.15) is 0 Å². The van der Waals surface area contributed by atoms with Crippen molar-refractivity contribution in [3.63, 3.8) is 0 Å². The second-order valence-corrected chi connectivity index (χ2v) is 7.33. The summed E-state index contributed by atoms with van der Waals surface area (Å²) in [5.41, 5.74) is 3.07. The van der Waals surface area contributed by atoms with Crippen molar-refractivity contribution in [3.8, 4) is 0 Å². The van der Waals surface area contributed by atoms with Crippen molar-refractivity contribution in [3.05, 3.63) is 84.2 Å². The standard InChI is InChI=1S/C24H23FN4O2/c25-18-10-8-17(9-11-18)23(30)26-20-12-13-22(29-14-4-5-15-29)21(16-20)28-24(31)27-19-6-2-1-3-7-19/h1-3,6-13,16H,4-5,14-15H2,(H,26,30)(H2,27,28,31). The number of hydrogen-bond acceptors (Lipinski definition) is 3. The molecule has 7 heteroatoms. The fourth-order valence-corrected chi connectivity index (χ4v) is 3.56. The number of amides is 3. The topological polar surface area (TPSA) is 73.5 Å². The number of halogens is 1. The van der Waals surface area contributed by atoms with Crippen LogP contribution in [-0.2, 0) is 0 Å². The SMILES string of the molecule is O=C(Nc1ccccc1)Nc1cc(NC(=O)c2ccc(F)cc2)ccc1N1CCCC1. The summed E-state index contributed by atoms with van der Waals surface area (Å²) in [5, 5.41) is 8.52. The second-order valence-electron chi connectivity index (χ2n) is 7.33. The number of nitrogens with one attached hydrogen (secondary N) is 3. The maximum Gasteiger partial charge on any atom is 0.323 e. The van der Waals surface area contributed by atoms with Crippen LogP contribution >= 0.6 is 0 Å². The van der Waals surface area contributed by atoms with Gasteiger partial charge in [-0.3, -0.25) is 4.79 Å². The van der Waals surface area contributed by atoms with Gasteiger partial charge in [0.2, 0.25) is 0 Å². The zero-order valence-corrected chi connectivity index (χ0v) is 16.9. The summed E-state index contributed by atoms with van der Waals surface area (Å²) < 4.78 is 13.1. The van der Waals surface area contributed by atoms with Gasteiger partial charge in [-0.25, -0.2) is 9.18 Å². The van der Waals surface area contributed by atoms with Crippen molar-refractivity contribution in [2.24, 2.45) is 0 Å². The lowest BCUT2D eigenvalue weighted by Crippen LogP contribution is -2.24. The lowest BCUT2D eigenvalue weighted by molar-refractivity contribution is 0.102. The Hall–Kier alpha value is -3.87. The van der Waals surface area contributed by atoms with Crippen molar-refractivity contribution in [1.82, 2.24) is 0 Å². The predicted octanol–water partition coefficient (Wildman–Crippen LogP) is 5.32. The van der Waals surface area contributed by atoms with E-state index in [0.29, 0.717) is 22.6 Å². The van der Waals surface area contributed by atoms with E-state index < -0.39 is 5.82 Å². The molecule has 0 bridgehead atoms. The van der Waals surface area contributed by atoms with Crippen LogP contribution < -0.4 is 20.9 Å². The van der Waals surface area contributed by atoms with Crippen LogP contribution in [0.2, 0.25) is 0 Å². The van der Waals surface area contributed by atoms with Gasteiger partial charge >= 0.3 is 6.03 Å². The number of benzene rings is 3. The molecule has 0 aromatic heterocycles. The highest BCUT2D eigenvalue weighted by molar-refractivity contribution is 6.06. The molecular weight excluding hydrogens is 395 g/mol. The van der Waals surface area contributed by atoms with E-state index in [2.05, 4.69) is 20.9 Å². The van der Waals surface area contributed by atoms with Crippen molar-refractivity contribution < 1.29 is 14.0 Å². The van der Waals surface area contributed by atoms with E-state index in [1.807, 2.05) is 24.3 Å². The highest BCUT2D eigenvalue weighted by Crippen LogP contribution is 2.32. The van der Waals surface area contributed by atoms with Crippen molar-refractivity contribution in [2.75, 3.05) is 33.9 Å². The summed E-state index contributed by atoms with van der Waals surface area (Å²) in [6, 6.07) is 19.6. The van der Waals surface area contributed by atoms with Crippen LogP contribution in [-0.4, -0.2) is 25.0 Å². The number of rotatable bonds is 5. The van der Waals surface area contributed by atoms with Crippen LogP contribution in [0.3, 0.4) is 0 Å². The van der Waals surface area contributed by atoms with Gasteiger partial charge in [-0.1, -0.05) is 18.2 Å². The lowest BCUT2D eigenvalue weighted by atomic mass is 10.2. The van der Waals surface area contributed by atoms with E-state index in [9.17, 15) is 14.0 Å². The van der Waals surface area contributed by atoms with E-state index in [1.54, 1.807) is 24.3 Å². The molecule has 3 aromatic rings. The van der Waals surface area contributed by atoms with Gasteiger partial charge in [0.15, 0.2) is 0 Å². The van der Waals surface area contributed by atoms with E-state index in [4.69, 9.17) is 0 Å². The average molecular weight is 418 g/mol. The average Bonchev–Trinajstić information content (AvgIpc) is 3.29. The molecule has 1 aliphatic heterocycles. The molecule has 1 aliphatic rings. The highest BCUT2D eigenvalue weighted by Gasteiger charge is 2.18. The van der Waals surface area contributed by atoms with Crippen molar-refractivity contribution >= 4 is 34.7 Å². The first-order chi connectivity index (χ1) is 15.1. The minimum atomic E-state index is -0.401.